The van der Waals surface area contributed by atoms with Gasteiger partial charge in [-0.1, -0.05) is 12.1 Å². The Morgan fingerprint density at radius 3 is 2.36 bits per heavy atom. The lowest BCUT2D eigenvalue weighted by atomic mass is 10.0. The Labute approximate surface area is 164 Å². The normalized spacial score (nSPS) is 20.3. The summed E-state index contributed by atoms with van der Waals surface area (Å²) in [6.45, 7) is 1.59. The van der Waals surface area contributed by atoms with Crippen molar-refractivity contribution in [3.05, 3.63) is 35.6 Å². The molecule has 2 saturated heterocycles. The van der Waals surface area contributed by atoms with Gasteiger partial charge >= 0.3 is 11.8 Å². The van der Waals surface area contributed by atoms with Crippen LogP contribution in [0.3, 0.4) is 0 Å². The molecular weight excluding hydrogens is 387 g/mol. The minimum Gasteiger partial charge on any atom is -0.330 e. The maximum Gasteiger partial charge on any atom is 0.312 e. The smallest absolute Gasteiger partial charge is 0.312 e. The standard InChI is InChI=1S/C18H25FN4O4S/c1-20(2)28(26,27)22-8-6-16(7-9-22)23-11-10-21(17(24)18(23)25)13-14-4-3-5-15(19)12-14/h3-5,12,16H,6-11,13H2,1-2H3. The second kappa shape index (κ2) is 8.14. The summed E-state index contributed by atoms with van der Waals surface area (Å²) >= 11 is 0. The molecule has 2 heterocycles. The molecule has 0 atom stereocenters. The van der Waals surface area contributed by atoms with Crippen molar-refractivity contribution in [3.63, 3.8) is 0 Å². The molecule has 154 valence electrons. The highest BCUT2D eigenvalue weighted by Crippen LogP contribution is 2.22. The first-order valence-electron chi connectivity index (χ1n) is 9.22. The third-order valence-corrected chi connectivity index (χ3v) is 7.20. The summed E-state index contributed by atoms with van der Waals surface area (Å²) < 4.78 is 40.3. The van der Waals surface area contributed by atoms with Gasteiger partial charge in [0.25, 0.3) is 10.2 Å². The zero-order valence-electron chi connectivity index (χ0n) is 16.0. The number of hydrogen-bond acceptors (Lipinski definition) is 4. The summed E-state index contributed by atoms with van der Waals surface area (Å²) in [7, 11) is -0.493. The fraction of sp³-hybridized carbons (Fsp3) is 0.556. The summed E-state index contributed by atoms with van der Waals surface area (Å²) in [5.74, 6) is -1.55. The van der Waals surface area contributed by atoms with E-state index in [2.05, 4.69) is 0 Å². The largest absolute Gasteiger partial charge is 0.330 e. The molecule has 0 bridgehead atoms. The van der Waals surface area contributed by atoms with Gasteiger partial charge in [0.05, 0.1) is 0 Å². The molecule has 28 heavy (non-hydrogen) atoms. The van der Waals surface area contributed by atoms with Crippen molar-refractivity contribution in [1.82, 2.24) is 18.4 Å². The molecule has 2 aliphatic heterocycles. The van der Waals surface area contributed by atoms with Crippen LogP contribution < -0.4 is 0 Å². The lowest BCUT2D eigenvalue weighted by Crippen LogP contribution is -2.59. The van der Waals surface area contributed by atoms with E-state index < -0.39 is 22.0 Å². The number of nitrogens with zero attached hydrogens (tertiary/aromatic N) is 4. The van der Waals surface area contributed by atoms with Crippen LogP contribution in [0.15, 0.2) is 24.3 Å². The van der Waals surface area contributed by atoms with Gasteiger partial charge in [0.15, 0.2) is 0 Å². The molecule has 0 aromatic heterocycles. The van der Waals surface area contributed by atoms with Gasteiger partial charge in [0.1, 0.15) is 5.82 Å². The summed E-state index contributed by atoms with van der Waals surface area (Å²) in [5.41, 5.74) is 0.636. The summed E-state index contributed by atoms with van der Waals surface area (Å²) in [6.07, 6.45) is 0.992. The van der Waals surface area contributed by atoms with E-state index in [1.54, 1.807) is 17.0 Å². The Balaban J connectivity index is 1.60. The van der Waals surface area contributed by atoms with Crippen LogP contribution in [-0.2, 0) is 26.3 Å². The van der Waals surface area contributed by atoms with E-state index in [1.807, 2.05) is 0 Å². The Bertz CT molecular complexity index is 853. The third kappa shape index (κ3) is 4.18. The van der Waals surface area contributed by atoms with Gasteiger partial charge < -0.3 is 9.80 Å². The van der Waals surface area contributed by atoms with E-state index in [1.165, 1.54) is 39.7 Å². The van der Waals surface area contributed by atoms with Crippen LogP contribution in [-0.4, -0.2) is 85.0 Å². The molecule has 0 spiro atoms. The van der Waals surface area contributed by atoms with Crippen molar-refractivity contribution >= 4 is 22.0 Å². The summed E-state index contributed by atoms with van der Waals surface area (Å²) in [6, 6.07) is 5.82. The van der Waals surface area contributed by atoms with E-state index in [-0.39, 0.29) is 18.4 Å². The van der Waals surface area contributed by atoms with Gasteiger partial charge in [-0.2, -0.15) is 17.0 Å². The maximum atomic E-state index is 13.3. The molecule has 10 heteroatoms. The monoisotopic (exact) mass is 412 g/mol. The molecule has 0 radical (unpaired) electrons. The minimum atomic E-state index is -3.47. The van der Waals surface area contributed by atoms with E-state index in [0.29, 0.717) is 44.6 Å². The SMILES string of the molecule is CN(C)S(=O)(=O)N1CCC(N2CCN(Cc3cccc(F)c3)C(=O)C2=O)CC1. The first-order valence-corrected chi connectivity index (χ1v) is 10.6. The highest BCUT2D eigenvalue weighted by Gasteiger charge is 2.39. The van der Waals surface area contributed by atoms with Gasteiger partial charge in [-0.25, -0.2) is 4.39 Å². The van der Waals surface area contributed by atoms with Crippen LogP contribution >= 0.6 is 0 Å². The highest BCUT2D eigenvalue weighted by atomic mass is 32.2. The van der Waals surface area contributed by atoms with Gasteiger partial charge in [0.2, 0.25) is 0 Å². The average Bonchev–Trinajstić information content (AvgIpc) is 2.66. The number of carbonyl (C=O) groups is 2. The average molecular weight is 412 g/mol. The topological polar surface area (TPSA) is 81.2 Å². The number of piperidine rings is 1. The molecule has 3 rings (SSSR count). The molecule has 2 aliphatic rings. The Kier molecular flexibility index (Phi) is 6.01. The molecule has 1 aromatic rings. The molecule has 8 nitrogen and oxygen atoms in total. The van der Waals surface area contributed by atoms with Crippen molar-refractivity contribution in [2.45, 2.75) is 25.4 Å². The Morgan fingerprint density at radius 1 is 1.07 bits per heavy atom. The van der Waals surface area contributed by atoms with E-state index in [9.17, 15) is 22.4 Å². The fourth-order valence-electron chi connectivity index (χ4n) is 3.66. The number of carbonyl (C=O) groups excluding carboxylic acids is 2. The van der Waals surface area contributed by atoms with Gasteiger partial charge in [-0.15, -0.1) is 0 Å². The molecule has 2 fully saturated rings. The van der Waals surface area contributed by atoms with Crippen LogP contribution in [0.5, 0.6) is 0 Å². The molecule has 0 aliphatic carbocycles. The second-order valence-electron chi connectivity index (χ2n) is 7.28. The quantitative estimate of drug-likeness (QED) is 0.650. The number of piperazine rings is 1. The predicted octanol–water partition coefficient (Wildman–Crippen LogP) is 0.267. The van der Waals surface area contributed by atoms with Crippen LogP contribution in [0, 0.1) is 5.82 Å². The zero-order valence-corrected chi connectivity index (χ0v) is 16.9. The minimum absolute atomic E-state index is 0.151. The summed E-state index contributed by atoms with van der Waals surface area (Å²) in [4.78, 5) is 28.1. The molecule has 0 N–H and O–H groups in total. The lowest BCUT2D eigenvalue weighted by molar-refractivity contribution is -0.158. The van der Waals surface area contributed by atoms with Crippen molar-refractivity contribution in [3.8, 4) is 0 Å². The van der Waals surface area contributed by atoms with Crippen molar-refractivity contribution in [1.29, 1.82) is 0 Å². The van der Waals surface area contributed by atoms with Crippen LogP contribution in [0.4, 0.5) is 4.39 Å². The van der Waals surface area contributed by atoms with Gasteiger partial charge in [0, 0.05) is 52.9 Å². The first kappa shape index (κ1) is 20.7. The van der Waals surface area contributed by atoms with E-state index >= 15 is 0 Å². The van der Waals surface area contributed by atoms with Crippen molar-refractivity contribution in [2.24, 2.45) is 0 Å². The van der Waals surface area contributed by atoms with Gasteiger partial charge in [-0.05, 0) is 30.5 Å². The molecule has 2 amide bonds. The van der Waals surface area contributed by atoms with Crippen molar-refractivity contribution in [2.75, 3.05) is 40.3 Å². The maximum absolute atomic E-state index is 13.3. The van der Waals surface area contributed by atoms with Crippen molar-refractivity contribution < 1.29 is 22.4 Å². The number of amides is 2. The Hall–Kier alpha value is -2.04. The van der Waals surface area contributed by atoms with Crippen LogP contribution in [0.25, 0.3) is 0 Å². The molecule has 0 saturated carbocycles. The molecular formula is C18H25FN4O4S. The number of halogens is 1. The van der Waals surface area contributed by atoms with Gasteiger partial charge in [-0.3, -0.25) is 9.59 Å². The lowest BCUT2D eigenvalue weighted by Gasteiger charge is -2.42. The number of hydrogen-bond donors (Lipinski definition) is 0. The predicted molar refractivity (Wildman–Crippen MR) is 101 cm³/mol. The molecule has 0 unspecified atom stereocenters. The third-order valence-electron chi connectivity index (χ3n) is 5.26. The van der Waals surface area contributed by atoms with Crippen LogP contribution in [0.2, 0.25) is 0 Å². The number of benzene rings is 1. The Morgan fingerprint density at radius 2 is 1.75 bits per heavy atom. The zero-order chi connectivity index (χ0) is 20.5. The summed E-state index contributed by atoms with van der Waals surface area (Å²) in [5, 5.41) is 0. The highest BCUT2D eigenvalue weighted by molar-refractivity contribution is 7.86. The number of rotatable bonds is 5. The van der Waals surface area contributed by atoms with Crippen LogP contribution in [0.1, 0.15) is 18.4 Å². The molecule has 1 aromatic carbocycles. The van der Waals surface area contributed by atoms with E-state index in [4.69, 9.17) is 0 Å². The first-order chi connectivity index (χ1) is 13.2. The second-order valence-corrected chi connectivity index (χ2v) is 9.42. The fourth-order valence-corrected chi connectivity index (χ4v) is 4.79. The van der Waals surface area contributed by atoms with E-state index in [0.717, 1.165) is 0 Å².